The molecule has 7 heteroatoms. The predicted molar refractivity (Wildman–Crippen MR) is 143 cm³/mol. The van der Waals surface area contributed by atoms with Crippen molar-refractivity contribution in [2.45, 2.75) is 50.4 Å². The molecule has 2 saturated heterocycles. The van der Waals surface area contributed by atoms with Crippen molar-refractivity contribution in [2.24, 2.45) is 13.0 Å². The number of carbonyl (C=O) groups excluding carboxylic acids is 1. The van der Waals surface area contributed by atoms with Crippen LogP contribution in [0.25, 0.3) is 11.4 Å². The molecule has 1 amide bonds. The van der Waals surface area contributed by atoms with Gasteiger partial charge in [-0.05, 0) is 68.7 Å². The van der Waals surface area contributed by atoms with E-state index in [0.717, 1.165) is 87.6 Å². The average Bonchev–Trinajstić information content (AvgIpc) is 3.65. The number of nitrogens with zero attached hydrogens (tertiary/aromatic N) is 5. The van der Waals surface area contributed by atoms with Gasteiger partial charge in [0.15, 0.2) is 5.82 Å². The van der Waals surface area contributed by atoms with Gasteiger partial charge in [-0.3, -0.25) is 4.79 Å². The Kier molecular flexibility index (Phi) is 6.24. The van der Waals surface area contributed by atoms with Gasteiger partial charge in [-0.2, -0.15) is 0 Å². The van der Waals surface area contributed by atoms with Crippen molar-refractivity contribution in [1.29, 1.82) is 0 Å². The molecule has 1 aromatic heterocycles. The summed E-state index contributed by atoms with van der Waals surface area (Å²) in [4.78, 5) is 17.4. The van der Waals surface area contributed by atoms with Crippen LogP contribution < -0.4 is 4.90 Å². The number of hydrogen-bond donors (Lipinski definition) is 0. The van der Waals surface area contributed by atoms with E-state index >= 15 is 0 Å². The average molecular weight is 504 g/mol. The molecule has 0 bridgehead atoms. The summed E-state index contributed by atoms with van der Waals surface area (Å²) in [7, 11) is 2.04. The Morgan fingerprint density at radius 3 is 2.33 bits per heavy atom. The minimum absolute atomic E-state index is 0.0380. The van der Waals surface area contributed by atoms with E-state index in [1.807, 2.05) is 13.1 Å². The standard InChI is InChI=1S/C29H34ClN5O/c1-33-26(31-32-28(33)29(14-15-29)22-8-4-2-5-9-22)24-11-10-23(20-25(24)30)34-18-12-21(13-19-34)27(36)35-16-6-3-7-17-35/h2,4-5,8-11,20-21H,3,6-7,12-19H2,1H3. The summed E-state index contributed by atoms with van der Waals surface area (Å²) in [5.74, 6) is 2.33. The lowest BCUT2D eigenvalue weighted by Crippen LogP contribution is -2.44. The molecule has 1 saturated carbocycles. The number of benzene rings is 2. The maximum absolute atomic E-state index is 12.9. The van der Waals surface area contributed by atoms with Crippen molar-refractivity contribution in [1.82, 2.24) is 19.7 Å². The monoisotopic (exact) mass is 503 g/mol. The molecule has 2 aliphatic heterocycles. The van der Waals surface area contributed by atoms with Gasteiger partial charge in [0.2, 0.25) is 5.91 Å². The van der Waals surface area contributed by atoms with E-state index in [4.69, 9.17) is 11.6 Å². The van der Waals surface area contributed by atoms with Crippen LogP contribution in [0.1, 0.15) is 56.3 Å². The normalized spacial score (nSPS) is 19.9. The first kappa shape index (κ1) is 23.5. The highest BCUT2D eigenvalue weighted by Crippen LogP contribution is 2.53. The van der Waals surface area contributed by atoms with E-state index < -0.39 is 0 Å². The molecular weight excluding hydrogens is 470 g/mol. The van der Waals surface area contributed by atoms with Crippen molar-refractivity contribution < 1.29 is 4.79 Å². The summed E-state index contributed by atoms with van der Waals surface area (Å²) in [5.41, 5.74) is 3.28. The SMILES string of the molecule is Cn1c(-c2ccc(N3CCC(C(=O)N4CCCCC4)CC3)cc2Cl)nnc1C1(c2ccccc2)CC1. The molecule has 3 fully saturated rings. The lowest BCUT2D eigenvalue weighted by molar-refractivity contribution is -0.137. The second-order valence-corrected chi connectivity index (χ2v) is 11.1. The predicted octanol–water partition coefficient (Wildman–Crippen LogP) is 5.44. The highest BCUT2D eigenvalue weighted by molar-refractivity contribution is 6.33. The van der Waals surface area contributed by atoms with Crippen LogP contribution in [-0.2, 0) is 17.3 Å². The lowest BCUT2D eigenvalue weighted by atomic mass is 9.94. The number of anilines is 1. The Balaban J connectivity index is 1.16. The minimum Gasteiger partial charge on any atom is -0.371 e. The van der Waals surface area contributed by atoms with Gasteiger partial charge in [0.25, 0.3) is 0 Å². The van der Waals surface area contributed by atoms with E-state index in [1.54, 1.807) is 0 Å². The molecule has 3 heterocycles. The van der Waals surface area contributed by atoms with Gasteiger partial charge in [-0.15, -0.1) is 10.2 Å². The summed E-state index contributed by atoms with van der Waals surface area (Å²) in [5, 5.41) is 9.88. The zero-order valence-electron chi connectivity index (χ0n) is 21.0. The third-order valence-electron chi connectivity index (χ3n) is 8.45. The molecular formula is C29H34ClN5O. The number of carbonyl (C=O) groups is 1. The van der Waals surface area contributed by atoms with Crippen molar-refractivity contribution in [3.8, 4) is 11.4 Å². The third kappa shape index (κ3) is 4.19. The van der Waals surface area contributed by atoms with Gasteiger partial charge in [0, 0.05) is 50.4 Å². The highest BCUT2D eigenvalue weighted by Gasteiger charge is 2.49. The fourth-order valence-electron chi connectivity index (χ4n) is 6.14. The van der Waals surface area contributed by atoms with Crippen LogP contribution in [0, 0.1) is 5.92 Å². The Labute approximate surface area is 218 Å². The van der Waals surface area contributed by atoms with Crippen molar-refractivity contribution in [3.05, 3.63) is 64.9 Å². The summed E-state index contributed by atoms with van der Waals surface area (Å²) in [6.07, 6.45) is 7.54. The van der Waals surface area contributed by atoms with Gasteiger partial charge in [0.05, 0.1) is 10.4 Å². The van der Waals surface area contributed by atoms with E-state index in [-0.39, 0.29) is 11.3 Å². The zero-order valence-corrected chi connectivity index (χ0v) is 21.8. The summed E-state index contributed by atoms with van der Waals surface area (Å²) in [6, 6.07) is 16.9. The van der Waals surface area contributed by atoms with E-state index in [1.165, 1.54) is 12.0 Å². The number of piperidine rings is 2. The summed E-state index contributed by atoms with van der Waals surface area (Å²) in [6.45, 7) is 3.64. The molecule has 3 aromatic rings. The van der Waals surface area contributed by atoms with Gasteiger partial charge < -0.3 is 14.4 Å². The van der Waals surface area contributed by atoms with Gasteiger partial charge >= 0.3 is 0 Å². The quantitative estimate of drug-likeness (QED) is 0.465. The molecule has 6 rings (SSSR count). The Hall–Kier alpha value is -2.86. The van der Waals surface area contributed by atoms with Crippen LogP contribution in [0.3, 0.4) is 0 Å². The maximum Gasteiger partial charge on any atom is 0.225 e. The number of hydrogen-bond acceptors (Lipinski definition) is 4. The van der Waals surface area contributed by atoms with Gasteiger partial charge in [-0.1, -0.05) is 41.9 Å². The van der Waals surface area contributed by atoms with Crippen molar-refractivity contribution in [3.63, 3.8) is 0 Å². The van der Waals surface area contributed by atoms with E-state index in [9.17, 15) is 4.79 Å². The Bertz CT molecular complexity index is 1240. The number of aromatic nitrogens is 3. The lowest BCUT2D eigenvalue weighted by Gasteiger charge is -2.36. The topological polar surface area (TPSA) is 54.3 Å². The fraction of sp³-hybridized carbons (Fsp3) is 0.483. The fourth-order valence-corrected chi connectivity index (χ4v) is 6.40. The number of amides is 1. The summed E-state index contributed by atoms with van der Waals surface area (Å²) >= 11 is 6.82. The molecule has 0 unspecified atom stereocenters. The van der Waals surface area contributed by atoms with E-state index in [2.05, 4.69) is 67.0 Å². The first-order valence-electron chi connectivity index (χ1n) is 13.4. The molecule has 0 atom stereocenters. The van der Waals surface area contributed by atoms with Crippen LogP contribution in [-0.4, -0.2) is 51.8 Å². The smallest absolute Gasteiger partial charge is 0.225 e. The van der Waals surface area contributed by atoms with E-state index in [0.29, 0.717) is 10.9 Å². The largest absolute Gasteiger partial charge is 0.371 e. The van der Waals surface area contributed by atoms with Crippen LogP contribution in [0.15, 0.2) is 48.5 Å². The van der Waals surface area contributed by atoms with Crippen LogP contribution in [0.4, 0.5) is 5.69 Å². The van der Waals surface area contributed by atoms with Crippen LogP contribution in [0.2, 0.25) is 5.02 Å². The number of likely N-dealkylation sites (tertiary alicyclic amines) is 1. The number of halogens is 1. The van der Waals surface area contributed by atoms with Gasteiger partial charge in [0.1, 0.15) is 5.82 Å². The number of rotatable bonds is 5. The van der Waals surface area contributed by atoms with Crippen LogP contribution >= 0.6 is 11.6 Å². The molecule has 0 spiro atoms. The third-order valence-corrected chi connectivity index (χ3v) is 8.76. The van der Waals surface area contributed by atoms with Crippen molar-refractivity contribution >= 4 is 23.2 Å². The summed E-state index contributed by atoms with van der Waals surface area (Å²) < 4.78 is 2.11. The second-order valence-electron chi connectivity index (χ2n) is 10.7. The molecule has 0 radical (unpaired) electrons. The first-order valence-corrected chi connectivity index (χ1v) is 13.7. The minimum atomic E-state index is -0.0380. The van der Waals surface area contributed by atoms with Crippen LogP contribution in [0.5, 0.6) is 0 Å². The second kappa shape index (κ2) is 9.55. The molecule has 0 N–H and O–H groups in total. The Morgan fingerprint density at radius 2 is 1.67 bits per heavy atom. The molecule has 1 aliphatic carbocycles. The molecule has 36 heavy (non-hydrogen) atoms. The van der Waals surface area contributed by atoms with Gasteiger partial charge in [-0.25, -0.2) is 0 Å². The Morgan fingerprint density at radius 1 is 0.944 bits per heavy atom. The molecule has 188 valence electrons. The maximum atomic E-state index is 12.9. The first-order chi connectivity index (χ1) is 17.6. The zero-order chi connectivity index (χ0) is 24.7. The molecule has 2 aromatic carbocycles. The molecule has 6 nitrogen and oxygen atoms in total. The van der Waals surface area contributed by atoms with Crippen molar-refractivity contribution in [2.75, 3.05) is 31.1 Å². The molecule has 3 aliphatic rings. The highest BCUT2D eigenvalue weighted by atomic mass is 35.5.